The smallest absolute Gasteiger partial charge is 0.191 e. The molecule has 0 aliphatic heterocycles. The molecule has 2 N–H and O–H groups in total. The van der Waals surface area contributed by atoms with Gasteiger partial charge in [-0.15, -0.1) is 0 Å². The van der Waals surface area contributed by atoms with Gasteiger partial charge in [0.15, 0.2) is 5.11 Å². The van der Waals surface area contributed by atoms with Crippen LogP contribution in [0.25, 0.3) is 0 Å². The molecule has 2 aromatic rings. The van der Waals surface area contributed by atoms with Crippen molar-refractivity contribution >= 4 is 40.8 Å². The largest absolute Gasteiger partial charge is 0.331 e. The summed E-state index contributed by atoms with van der Waals surface area (Å²) in [5.74, 6) is -0.474. The fourth-order valence-electron chi connectivity index (χ4n) is 1.44. The minimum Gasteiger partial charge on any atom is -0.331 e. The topological polar surface area (TPSA) is 36.4 Å². The molecular formula is C14H11ClFN3S. The molecule has 0 radical (unpaired) electrons. The Hall–Kier alpha value is -1.98. The Morgan fingerprint density at radius 3 is 2.65 bits per heavy atom. The monoisotopic (exact) mass is 307 g/mol. The van der Waals surface area contributed by atoms with E-state index in [2.05, 4.69) is 15.8 Å². The maximum absolute atomic E-state index is 13.0. The van der Waals surface area contributed by atoms with E-state index in [0.29, 0.717) is 10.8 Å². The molecule has 0 fully saturated rings. The van der Waals surface area contributed by atoms with E-state index in [1.54, 1.807) is 6.21 Å². The van der Waals surface area contributed by atoms with Crippen molar-refractivity contribution in [3.63, 3.8) is 0 Å². The molecule has 6 heteroatoms. The van der Waals surface area contributed by atoms with Crippen LogP contribution in [0.4, 0.5) is 10.1 Å². The van der Waals surface area contributed by atoms with Crippen LogP contribution in [0.3, 0.4) is 0 Å². The summed E-state index contributed by atoms with van der Waals surface area (Å²) in [6, 6.07) is 13.8. The lowest BCUT2D eigenvalue weighted by molar-refractivity contribution is 0.628. The first-order valence-electron chi connectivity index (χ1n) is 5.75. The van der Waals surface area contributed by atoms with Crippen molar-refractivity contribution in [3.8, 4) is 0 Å². The van der Waals surface area contributed by atoms with Crippen LogP contribution in [-0.2, 0) is 0 Å². The van der Waals surface area contributed by atoms with Crippen molar-refractivity contribution in [1.82, 2.24) is 5.43 Å². The molecule has 2 aromatic carbocycles. The molecule has 2 rings (SSSR count). The zero-order valence-electron chi connectivity index (χ0n) is 10.3. The predicted molar refractivity (Wildman–Crippen MR) is 84.8 cm³/mol. The lowest BCUT2D eigenvalue weighted by atomic mass is 10.2. The van der Waals surface area contributed by atoms with Gasteiger partial charge in [0.1, 0.15) is 5.82 Å². The average molecular weight is 308 g/mol. The number of hydrogen-bond donors (Lipinski definition) is 2. The third-order valence-corrected chi connectivity index (χ3v) is 2.84. The summed E-state index contributed by atoms with van der Waals surface area (Å²) < 4.78 is 13.0. The van der Waals surface area contributed by atoms with E-state index in [9.17, 15) is 4.39 Å². The summed E-state index contributed by atoms with van der Waals surface area (Å²) in [4.78, 5) is 0. The first kappa shape index (κ1) is 14.4. The molecule has 0 spiro atoms. The number of benzene rings is 2. The highest BCUT2D eigenvalue weighted by Gasteiger charge is 2.01. The Labute approximate surface area is 126 Å². The van der Waals surface area contributed by atoms with Crippen LogP contribution in [0.1, 0.15) is 5.56 Å². The molecule has 0 aromatic heterocycles. The summed E-state index contributed by atoms with van der Waals surface area (Å²) >= 11 is 10.7. The lowest BCUT2D eigenvalue weighted by Crippen LogP contribution is -2.23. The minimum atomic E-state index is -0.474. The standard InChI is InChI=1S/C14H11ClFN3S/c15-12-8-11(6-7-13(12)16)18-14(20)19-17-9-10-4-2-1-3-5-10/h1-9H,(H2,18,19,20)/b17-9+. The Kier molecular flexibility index (Phi) is 5.03. The molecule has 0 heterocycles. The van der Waals surface area contributed by atoms with Crippen LogP contribution < -0.4 is 10.7 Å². The maximum Gasteiger partial charge on any atom is 0.191 e. The molecule has 0 amide bonds. The number of nitrogens with one attached hydrogen (secondary N) is 2. The maximum atomic E-state index is 13.0. The van der Waals surface area contributed by atoms with Crippen molar-refractivity contribution in [2.75, 3.05) is 5.32 Å². The van der Waals surface area contributed by atoms with Crippen LogP contribution in [-0.4, -0.2) is 11.3 Å². The normalized spacial score (nSPS) is 10.5. The van der Waals surface area contributed by atoms with Gasteiger partial charge in [-0.1, -0.05) is 41.9 Å². The summed E-state index contributed by atoms with van der Waals surface area (Å²) in [6.07, 6.45) is 1.64. The van der Waals surface area contributed by atoms with E-state index < -0.39 is 5.82 Å². The highest BCUT2D eigenvalue weighted by molar-refractivity contribution is 7.80. The minimum absolute atomic E-state index is 0.0330. The predicted octanol–water partition coefficient (Wildman–Crippen LogP) is 3.80. The number of halogens is 2. The van der Waals surface area contributed by atoms with Gasteiger partial charge in [-0.2, -0.15) is 5.10 Å². The first-order chi connectivity index (χ1) is 9.65. The van der Waals surface area contributed by atoms with E-state index >= 15 is 0 Å². The second kappa shape index (κ2) is 6.98. The summed E-state index contributed by atoms with van der Waals surface area (Å²) in [5, 5.41) is 7.17. The van der Waals surface area contributed by atoms with Crippen molar-refractivity contribution in [2.24, 2.45) is 5.10 Å². The highest BCUT2D eigenvalue weighted by atomic mass is 35.5. The molecule has 20 heavy (non-hydrogen) atoms. The Morgan fingerprint density at radius 1 is 1.20 bits per heavy atom. The summed E-state index contributed by atoms with van der Waals surface area (Å²) in [6.45, 7) is 0. The zero-order chi connectivity index (χ0) is 14.4. The molecule has 0 bridgehead atoms. The zero-order valence-corrected chi connectivity index (χ0v) is 11.9. The molecule has 0 atom stereocenters. The molecule has 0 saturated carbocycles. The first-order valence-corrected chi connectivity index (χ1v) is 6.54. The van der Waals surface area contributed by atoms with E-state index in [-0.39, 0.29) is 5.02 Å². The van der Waals surface area contributed by atoms with E-state index in [0.717, 1.165) is 5.56 Å². The van der Waals surface area contributed by atoms with Gasteiger partial charge in [-0.3, -0.25) is 5.43 Å². The van der Waals surface area contributed by atoms with Crippen LogP contribution in [0.5, 0.6) is 0 Å². The second-order valence-electron chi connectivity index (χ2n) is 3.86. The number of rotatable bonds is 3. The third kappa shape index (κ3) is 4.29. The molecule has 0 unspecified atom stereocenters. The van der Waals surface area contributed by atoms with Crippen molar-refractivity contribution in [1.29, 1.82) is 0 Å². The molecule has 0 aliphatic rings. The number of anilines is 1. The van der Waals surface area contributed by atoms with Gasteiger partial charge in [-0.05, 0) is 36.0 Å². The number of hydrogen-bond acceptors (Lipinski definition) is 2. The van der Waals surface area contributed by atoms with E-state index in [1.807, 2.05) is 30.3 Å². The van der Waals surface area contributed by atoms with Crippen LogP contribution in [0.15, 0.2) is 53.6 Å². The van der Waals surface area contributed by atoms with Crippen molar-refractivity contribution in [3.05, 3.63) is 64.9 Å². The second-order valence-corrected chi connectivity index (χ2v) is 4.68. The Bertz CT molecular complexity index is 632. The van der Waals surface area contributed by atoms with Crippen LogP contribution in [0, 0.1) is 5.82 Å². The van der Waals surface area contributed by atoms with Crippen molar-refractivity contribution in [2.45, 2.75) is 0 Å². The van der Waals surface area contributed by atoms with Crippen LogP contribution >= 0.6 is 23.8 Å². The Balaban J connectivity index is 1.89. The number of thiocarbonyl (C=S) groups is 1. The average Bonchev–Trinajstić information content (AvgIpc) is 2.44. The summed E-state index contributed by atoms with van der Waals surface area (Å²) in [7, 11) is 0. The fraction of sp³-hybridized carbons (Fsp3) is 0. The van der Waals surface area contributed by atoms with E-state index in [4.69, 9.17) is 23.8 Å². The van der Waals surface area contributed by atoms with Gasteiger partial charge in [0.2, 0.25) is 0 Å². The van der Waals surface area contributed by atoms with Gasteiger partial charge in [0.25, 0.3) is 0 Å². The number of nitrogens with zero attached hydrogens (tertiary/aromatic N) is 1. The fourth-order valence-corrected chi connectivity index (χ4v) is 1.79. The molecule has 102 valence electrons. The molecule has 0 saturated heterocycles. The quantitative estimate of drug-likeness (QED) is 0.514. The van der Waals surface area contributed by atoms with Gasteiger partial charge in [0.05, 0.1) is 11.2 Å². The lowest BCUT2D eigenvalue weighted by Gasteiger charge is -2.07. The molecule has 3 nitrogen and oxygen atoms in total. The Morgan fingerprint density at radius 2 is 1.95 bits per heavy atom. The van der Waals surface area contributed by atoms with Gasteiger partial charge in [-0.25, -0.2) is 4.39 Å². The van der Waals surface area contributed by atoms with Gasteiger partial charge < -0.3 is 5.32 Å². The van der Waals surface area contributed by atoms with Gasteiger partial charge >= 0.3 is 0 Å². The van der Waals surface area contributed by atoms with E-state index in [1.165, 1.54) is 18.2 Å². The van der Waals surface area contributed by atoms with Crippen molar-refractivity contribution < 1.29 is 4.39 Å². The third-order valence-electron chi connectivity index (χ3n) is 2.36. The summed E-state index contributed by atoms with van der Waals surface area (Å²) in [5.41, 5.74) is 4.21. The van der Waals surface area contributed by atoms with Gasteiger partial charge in [0, 0.05) is 5.69 Å². The van der Waals surface area contributed by atoms with Crippen LogP contribution in [0.2, 0.25) is 5.02 Å². The molecular weight excluding hydrogens is 297 g/mol. The molecule has 0 aliphatic carbocycles. The highest BCUT2D eigenvalue weighted by Crippen LogP contribution is 2.19. The number of hydrazone groups is 1. The SMILES string of the molecule is Fc1ccc(NC(=S)N/N=C/c2ccccc2)cc1Cl.